The summed E-state index contributed by atoms with van der Waals surface area (Å²) in [5, 5.41) is 0. The number of benzene rings is 2. The molecular formula is C16H16. The first-order valence-corrected chi connectivity index (χ1v) is 5.59. The molecule has 2 aromatic carbocycles. The van der Waals surface area contributed by atoms with Gasteiger partial charge in [-0.3, -0.25) is 0 Å². The van der Waals surface area contributed by atoms with Crippen molar-refractivity contribution in [1.82, 2.24) is 0 Å². The lowest BCUT2D eigenvalue weighted by atomic mass is 9.96. The molecule has 0 fully saturated rings. The topological polar surface area (TPSA) is 0 Å². The summed E-state index contributed by atoms with van der Waals surface area (Å²) in [6, 6.07) is 19.1. The second-order valence-corrected chi connectivity index (χ2v) is 4.02. The normalized spacial score (nSPS) is 12.1. The van der Waals surface area contributed by atoms with E-state index < -0.39 is 0 Å². The fraction of sp³-hybridized carbons (Fsp3) is 0.125. The van der Waals surface area contributed by atoms with Crippen molar-refractivity contribution in [2.45, 2.75) is 12.8 Å². The van der Waals surface area contributed by atoms with Crippen molar-refractivity contribution in [3.63, 3.8) is 0 Å². The molecule has 0 aromatic heterocycles. The molecule has 0 aliphatic carbocycles. The van der Waals surface area contributed by atoms with E-state index in [0.29, 0.717) is 5.92 Å². The van der Waals surface area contributed by atoms with Crippen LogP contribution in [0.25, 0.3) is 11.1 Å². The highest BCUT2D eigenvalue weighted by molar-refractivity contribution is 5.64. The van der Waals surface area contributed by atoms with Crippen LogP contribution in [-0.4, -0.2) is 0 Å². The first-order valence-electron chi connectivity index (χ1n) is 5.59. The summed E-state index contributed by atoms with van der Waals surface area (Å²) in [5.74, 6) is 0.406. The molecule has 0 heteroatoms. The Morgan fingerprint density at radius 2 is 1.62 bits per heavy atom. The number of hydrogen-bond acceptors (Lipinski definition) is 0. The summed E-state index contributed by atoms with van der Waals surface area (Å²) in [6.45, 7) is 6.00. The highest BCUT2D eigenvalue weighted by Crippen LogP contribution is 2.24. The molecule has 1 atom stereocenters. The zero-order valence-corrected chi connectivity index (χ0v) is 9.56. The molecule has 2 aromatic rings. The van der Waals surface area contributed by atoms with Crippen LogP contribution in [0, 0.1) is 0 Å². The van der Waals surface area contributed by atoms with E-state index in [0.717, 1.165) is 0 Å². The van der Waals surface area contributed by atoms with Gasteiger partial charge in [-0.05, 0) is 22.6 Å². The third-order valence-corrected chi connectivity index (χ3v) is 2.87. The van der Waals surface area contributed by atoms with Crippen LogP contribution >= 0.6 is 0 Å². The molecule has 0 saturated carbocycles. The Labute approximate surface area is 97.3 Å². The van der Waals surface area contributed by atoms with E-state index in [2.05, 4.69) is 62.0 Å². The van der Waals surface area contributed by atoms with E-state index >= 15 is 0 Å². The van der Waals surface area contributed by atoms with Crippen LogP contribution < -0.4 is 0 Å². The van der Waals surface area contributed by atoms with Crippen LogP contribution in [0.5, 0.6) is 0 Å². The molecule has 0 spiro atoms. The minimum Gasteiger partial charge on any atom is -0.102 e. The lowest BCUT2D eigenvalue weighted by Crippen LogP contribution is -1.88. The highest BCUT2D eigenvalue weighted by Gasteiger charge is 2.02. The van der Waals surface area contributed by atoms with Gasteiger partial charge >= 0.3 is 0 Å². The zero-order valence-electron chi connectivity index (χ0n) is 9.56. The van der Waals surface area contributed by atoms with E-state index in [-0.39, 0.29) is 0 Å². The summed E-state index contributed by atoms with van der Waals surface area (Å²) in [5.41, 5.74) is 3.85. The van der Waals surface area contributed by atoms with Crippen molar-refractivity contribution >= 4 is 0 Å². The average Bonchev–Trinajstić information content (AvgIpc) is 2.39. The second-order valence-electron chi connectivity index (χ2n) is 4.02. The Morgan fingerprint density at radius 3 is 2.31 bits per heavy atom. The predicted molar refractivity (Wildman–Crippen MR) is 70.5 cm³/mol. The van der Waals surface area contributed by atoms with Gasteiger partial charge in [-0.25, -0.2) is 0 Å². The quantitative estimate of drug-likeness (QED) is 0.644. The van der Waals surface area contributed by atoms with Crippen LogP contribution in [0.4, 0.5) is 0 Å². The molecule has 0 N–H and O–H groups in total. The zero-order chi connectivity index (χ0) is 11.4. The summed E-state index contributed by atoms with van der Waals surface area (Å²) in [6.07, 6.45) is 1.98. The molecule has 1 unspecified atom stereocenters. The lowest BCUT2D eigenvalue weighted by Gasteiger charge is -2.08. The van der Waals surface area contributed by atoms with Gasteiger partial charge in [-0.2, -0.15) is 0 Å². The number of rotatable bonds is 3. The van der Waals surface area contributed by atoms with Crippen molar-refractivity contribution in [2.24, 2.45) is 0 Å². The summed E-state index contributed by atoms with van der Waals surface area (Å²) < 4.78 is 0. The first kappa shape index (κ1) is 10.7. The van der Waals surface area contributed by atoms with E-state index in [9.17, 15) is 0 Å². The van der Waals surface area contributed by atoms with Crippen molar-refractivity contribution in [2.75, 3.05) is 0 Å². The van der Waals surface area contributed by atoms with Gasteiger partial charge in [-0.15, -0.1) is 6.58 Å². The first-order chi connectivity index (χ1) is 7.81. The molecule has 0 heterocycles. The number of hydrogen-bond donors (Lipinski definition) is 0. The molecule has 80 valence electrons. The van der Waals surface area contributed by atoms with Crippen LogP contribution in [0.3, 0.4) is 0 Å². The van der Waals surface area contributed by atoms with Crippen molar-refractivity contribution in [3.05, 3.63) is 72.8 Å². The third-order valence-electron chi connectivity index (χ3n) is 2.87. The fourth-order valence-electron chi connectivity index (χ4n) is 1.77. The maximum atomic E-state index is 3.84. The van der Waals surface area contributed by atoms with Crippen molar-refractivity contribution < 1.29 is 0 Å². The van der Waals surface area contributed by atoms with E-state index in [1.54, 1.807) is 0 Å². The Morgan fingerprint density at radius 1 is 0.938 bits per heavy atom. The molecule has 0 aliphatic rings. The minimum absolute atomic E-state index is 0.406. The van der Waals surface area contributed by atoms with Gasteiger partial charge in [0.15, 0.2) is 0 Å². The Kier molecular flexibility index (Phi) is 3.21. The van der Waals surface area contributed by atoms with Gasteiger partial charge in [0.05, 0.1) is 0 Å². The Bertz CT molecular complexity index is 468. The van der Waals surface area contributed by atoms with Gasteiger partial charge in [0, 0.05) is 0 Å². The van der Waals surface area contributed by atoms with Gasteiger partial charge in [-0.1, -0.05) is 67.6 Å². The minimum atomic E-state index is 0.406. The Hall–Kier alpha value is -1.82. The standard InChI is InChI=1S/C16H16/c1-3-13(2)15-10-7-11-16(12-15)14-8-5-4-6-9-14/h3-13H,1H2,2H3. The van der Waals surface area contributed by atoms with Crippen molar-refractivity contribution in [3.8, 4) is 11.1 Å². The highest BCUT2D eigenvalue weighted by atomic mass is 14.1. The monoisotopic (exact) mass is 208 g/mol. The maximum absolute atomic E-state index is 3.84. The molecule has 0 radical (unpaired) electrons. The predicted octanol–water partition coefficient (Wildman–Crippen LogP) is 4.64. The van der Waals surface area contributed by atoms with Gasteiger partial charge in [0.2, 0.25) is 0 Å². The fourth-order valence-corrected chi connectivity index (χ4v) is 1.77. The summed E-state index contributed by atoms with van der Waals surface area (Å²) in [7, 11) is 0. The van der Waals surface area contributed by atoms with Crippen LogP contribution in [-0.2, 0) is 0 Å². The molecule has 2 rings (SSSR count). The molecule has 0 nitrogen and oxygen atoms in total. The maximum Gasteiger partial charge on any atom is -0.00129 e. The van der Waals surface area contributed by atoms with Crippen LogP contribution in [0.2, 0.25) is 0 Å². The second kappa shape index (κ2) is 4.80. The summed E-state index contributed by atoms with van der Waals surface area (Å²) in [4.78, 5) is 0. The van der Waals surface area contributed by atoms with Crippen LogP contribution in [0.1, 0.15) is 18.4 Å². The molecule has 0 amide bonds. The van der Waals surface area contributed by atoms with Crippen molar-refractivity contribution in [1.29, 1.82) is 0 Å². The molecule has 0 bridgehead atoms. The molecule has 0 aliphatic heterocycles. The van der Waals surface area contributed by atoms with E-state index in [1.165, 1.54) is 16.7 Å². The Balaban J connectivity index is 2.40. The van der Waals surface area contributed by atoms with Crippen LogP contribution in [0.15, 0.2) is 67.3 Å². The number of allylic oxidation sites excluding steroid dienone is 1. The largest absolute Gasteiger partial charge is 0.102 e. The average molecular weight is 208 g/mol. The smallest absolute Gasteiger partial charge is 0.00129 e. The van der Waals surface area contributed by atoms with E-state index in [1.807, 2.05) is 12.1 Å². The summed E-state index contributed by atoms with van der Waals surface area (Å²) >= 11 is 0. The molecule has 16 heavy (non-hydrogen) atoms. The van der Waals surface area contributed by atoms with E-state index in [4.69, 9.17) is 0 Å². The third kappa shape index (κ3) is 2.22. The van der Waals surface area contributed by atoms with Gasteiger partial charge < -0.3 is 0 Å². The lowest BCUT2D eigenvalue weighted by molar-refractivity contribution is 0.972. The van der Waals surface area contributed by atoms with Gasteiger partial charge in [0.1, 0.15) is 0 Å². The van der Waals surface area contributed by atoms with Gasteiger partial charge in [0.25, 0.3) is 0 Å². The molecule has 0 saturated heterocycles. The SMILES string of the molecule is C=CC(C)c1cccc(-c2ccccc2)c1. The molecular weight excluding hydrogens is 192 g/mol.